The van der Waals surface area contributed by atoms with Crippen LogP contribution in [-0.2, 0) is 0 Å². The predicted octanol–water partition coefficient (Wildman–Crippen LogP) is 1.27. The van der Waals surface area contributed by atoms with Crippen LogP contribution in [0.25, 0.3) is 0 Å². The highest BCUT2D eigenvalue weighted by Crippen LogP contribution is 2.35. The number of rotatable bonds is 4. The molecule has 0 radical (unpaired) electrons. The fraction of sp³-hybridized carbons (Fsp3) is 0.667. The standard InChI is InChI=1S/C12H20N4/c1-8-6-9(2)15-12(14-8)16(3)11(7-13)10-4-5-10/h6,10-11H,4-5,7,13H2,1-3H3. The van der Waals surface area contributed by atoms with Gasteiger partial charge in [-0.1, -0.05) is 0 Å². The highest BCUT2D eigenvalue weighted by Gasteiger charge is 2.33. The number of hydrogen-bond donors (Lipinski definition) is 1. The van der Waals surface area contributed by atoms with Gasteiger partial charge in [-0.25, -0.2) is 9.97 Å². The second kappa shape index (κ2) is 4.37. The Bertz CT molecular complexity index is 353. The largest absolute Gasteiger partial charge is 0.339 e. The number of nitrogens with two attached hydrogens (primary N) is 1. The number of nitrogens with zero attached hydrogens (tertiary/aromatic N) is 3. The molecule has 16 heavy (non-hydrogen) atoms. The van der Waals surface area contributed by atoms with E-state index < -0.39 is 0 Å². The molecule has 1 fully saturated rings. The van der Waals surface area contributed by atoms with Gasteiger partial charge < -0.3 is 10.6 Å². The lowest BCUT2D eigenvalue weighted by Crippen LogP contribution is -2.40. The molecule has 0 bridgehead atoms. The number of aromatic nitrogens is 2. The van der Waals surface area contributed by atoms with Crippen LogP contribution in [0.3, 0.4) is 0 Å². The molecule has 1 aromatic heterocycles. The average molecular weight is 220 g/mol. The number of anilines is 1. The van der Waals surface area contributed by atoms with E-state index in [1.54, 1.807) is 0 Å². The first-order valence-corrected chi connectivity index (χ1v) is 5.87. The Morgan fingerprint density at radius 3 is 2.38 bits per heavy atom. The zero-order valence-electron chi connectivity index (χ0n) is 10.3. The van der Waals surface area contributed by atoms with Gasteiger partial charge in [0.1, 0.15) is 0 Å². The molecular formula is C12H20N4. The molecule has 1 aromatic rings. The van der Waals surface area contributed by atoms with Crippen molar-refractivity contribution in [2.75, 3.05) is 18.5 Å². The summed E-state index contributed by atoms with van der Waals surface area (Å²) in [7, 11) is 2.05. The van der Waals surface area contributed by atoms with Gasteiger partial charge in [0.2, 0.25) is 5.95 Å². The molecule has 0 saturated heterocycles. The Morgan fingerprint density at radius 2 is 1.94 bits per heavy atom. The lowest BCUT2D eigenvalue weighted by Gasteiger charge is -2.27. The van der Waals surface area contributed by atoms with Crippen molar-refractivity contribution in [1.29, 1.82) is 0 Å². The molecule has 1 atom stereocenters. The van der Waals surface area contributed by atoms with Crippen molar-refractivity contribution in [3.05, 3.63) is 17.5 Å². The third-order valence-electron chi connectivity index (χ3n) is 3.19. The first-order chi connectivity index (χ1) is 7.61. The predicted molar refractivity (Wildman–Crippen MR) is 65.5 cm³/mol. The summed E-state index contributed by atoms with van der Waals surface area (Å²) in [6, 6.07) is 2.38. The minimum absolute atomic E-state index is 0.390. The van der Waals surface area contributed by atoms with Crippen LogP contribution in [0.2, 0.25) is 0 Å². The molecule has 1 aliphatic carbocycles. The van der Waals surface area contributed by atoms with E-state index in [1.165, 1.54) is 12.8 Å². The summed E-state index contributed by atoms with van der Waals surface area (Å²) < 4.78 is 0. The van der Waals surface area contributed by atoms with Crippen molar-refractivity contribution in [3.8, 4) is 0 Å². The SMILES string of the molecule is Cc1cc(C)nc(N(C)C(CN)C2CC2)n1. The van der Waals surface area contributed by atoms with Crippen LogP contribution in [0.15, 0.2) is 6.07 Å². The fourth-order valence-electron chi connectivity index (χ4n) is 2.16. The zero-order valence-corrected chi connectivity index (χ0v) is 10.3. The van der Waals surface area contributed by atoms with E-state index >= 15 is 0 Å². The van der Waals surface area contributed by atoms with E-state index in [-0.39, 0.29) is 0 Å². The molecule has 0 spiro atoms. The first kappa shape index (κ1) is 11.3. The first-order valence-electron chi connectivity index (χ1n) is 5.87. The normalized spacial score (nSPS) is 17.2. The van der Waals surface area contributed by atoms with Crippen LogP contribution in [0.4, 0.5) is 5.95 Å². The third-order valence-corrected chi connectivity index (χ3v) is 3.19. The number of hydrogen-bond acceptors (Lipinski definition) is 4. The van der Waals surface area contributed by atoms with Crippen LogP contribution in [0, 0.1) is 19.8 Å². The van der Waals surface area contributed by atoms with Crippen molar-refractivity contribution in [1.82, 2.24) is 9.97 Å². The summed E-state index contributed by atoms with van der Waals surface area (Å²) in [6.45, 7) is 4.68. The molecule has 2 N–H and O–H groups in total. The average Bonchev–Trinajstić information content (AvgIpc) is 3.01. The molecule has 0 aliphatic heterocycles. The minimum atomic E-state index is 0.390. The van der Waals surface area contributed by atoms with Gasteiger partial charge in [0.15, 0.2) is 0 Å². The van der Waals surface area contributed by atoms with Crippen molar-refractivity contribution in [3.63, 3.8) is 0 Å². The van der Waals surface area contributed by atoms with Crippen LogP contribution in [-0.4, -0.2) is 29.6 Å². The van der Waals surface area contributed by atoms with Crippen LogP contribution < -0.4 is 10.6 Å². The second-order valence-electron chi connectivity index (χ2n) is 4.70. The van der Waals surface area contributed by atoms with Gasteiger partial charge >= 0.3 is 0 Å². The van der Waals surface area contributed by atoms with Gasteiger partial charge in [0.25, 0.3) is 0 Å². The number of aryl methyl sites for hydroxylation is 2. The maximum absolute atomic E-state index is 5.83. The Labute approximate surface area is 96.9 Å². The van der Waals surface area contributed by atoms with Gasteiger partial charge in [-0.3, -0.25) is 0 Å². The smallest absolute Gasteiger partial charge is 0.225 e. The molecule has 2 rings (SSSR count). The molecule has 1 unspecified atom stereocenters. The molecule has 0 amide bonds. The summed E-state index contributed by atoms with van der Waals surface area (Å²) >= 11 is 0. The molecule has 1 aliphatic rings. The molecular weight excluding hydrogens is 200 g/mol. The monoisotopic (exact) mass is 220 g/mol. The maximum Gasteiger partial charge on any atom is 0.225 e. The molecule has 1 saturated carbocycles. The zero-order chi connectivity index (χ0) is 11.7. The van der Waals surface area contributed by atoms with Crippen molar-refractivity contribution >= 4 is 5.95 Å². The molecule has 88 valence electrons. The Kier molecular flexibility index (Phi) is 3.10. The quantitative estimate of drug-likeness (QED) is 0.830. The van der Waals surface area contributed by atoms with Gasteiger partial charge in [0, 0.05) is 31.0 Å². The fourth-order valence-corrected chi connectivity index (χ4v) is 2.16. The van der Waals surface area contributed by atoms with Gasteiger partial charge in [-0.05, 0) is 38.7 Å². The van der Waals surface area contributed by atoms with Gasteiger partial charge in [0.05, 0.1) is 0 Å². The van der Waals surface area contributed by atoms with Crippen LogP contribution in [0.5, 0.6) is 0 Å². The van der Waals surface area contributed by atoms with Crippen LogP contribution in [0.1, 0.15) is 24.2 Å². The van der Waals surface area contributed by atoms with Gasteiger partial charge in [-0.15, -0.1) is 0 Å². The van der Waals surface area contributed by atoms with E-state index in [1.807, 2.05) is 27.0 Å². The summed E-state index contributed by atoms with van der Waals surface area (Å²) in [5.74, 6) is 1.54. The van der Waals surface area contributed by atoms with Gasteiger partial charge in [-0.2, -0.15) is 0 Å². The van der Waals surface area contributed by atoms with E-state index in [0.717, 1.165) is 23.3 Å². The molecule has 4 heteroatoms. The lowest BCUT2D eigenvalue weighted by atomic mass is 10.1. The molecule has 1 heterocycles. The van der Waals surface area contributed by atoms with E-state index in [9.17, 15) is 0 Å². The Morgan fingerprint density at radius 1 is 1.38 bits per heavy atom. The summed E-state index contributed by atoms with van der Waals surface area (Å²) in [6.07, 6.45) is 2.58. The number of likely N-dealkylation sites (N-methyl/N-ethyl adjacent to an activating group) is 1. The van der Waals surface area contributed by atoms with E-state index in [2.05, 4.69) is 14.9 Å². The third kappa shape index (κ3) is 2.32. The highest BCUT2D eigenvalue weighted by atomic mass is 15.3. The minimum Gasteiger partial charge on any atom is -0.339 e. The maximum atomic E-state index is 5.83. The van der Waals surface area contributed by atoms with Crippen LogP contribution >= 0.6 is 0 Å². The van der Waals surface area contributed by atoms with Crippen molar-refractivity contribution in [2.24, 2.45) is 11.7 Å². The Hall–Kier alpha value is -1.16. The molecule has 0 aromatic carbocycles. The van der Waals surface area contributed by atoms with Crippen molar-refractivity contribution < 1.29 is 0 Å². The summed E-state index contributed by atoms with van der Waals surface area (Å²) in [5, 5.41) is 0. The second-order valence-corrected chi connectivity index (χ2v) is 4.70. The Balaban J connectivity index is 2.21. The highest BCUT2D eigenvalue weighted by molar-refractivity contribution is 5.33. The van der Waals surface area contributed by atoms with E-state index in [0.29, 0.717) is 12.6 Å². The topological polar surface area (TPSA) is 55.0 Å². The summed E-state index contributed by atoms with van der Waals surface area (Å²) in [5.41, 5.74) is 7.86. The summed E-state index contributed by atoms with van der Waals surface area (Å²) in [4.78, 5) is 11.1. The van der Waals surface area contributed by atoms with E-state index in [4.69, 9.17) is 5.73 Å². The van der Waals surface area contributed by atoms with Crippen molar-refractivity contribution in [2.45, 2.75) is 32.7 Å². The lowest BCUT2D eigenvalue weighted by molar-refractivity contribution is 0.560. The molecule has 4 nitrogen and oxygen atoms in total.